The Morgan fingerprint density at radius 1 is 1.09 bits per heavy atom. The van der Waals surface area contributed by atoms with Crippen molar-refractivity contribution in [1.29, 1.82) is 0 Å². The second-order valence-electron chi connectivity index (χ2n) is 7.97. The molecule has 2 heterocycles. The third-order valence-corrected chi connectivity index (χ3v) is 8.54. The van der Waals surface area contributed by atoms with Gasteiger partial charge in [0.05, 0.1) is 20.1 Å². The predicted molar refractivity (Wildman–Crippen MR) is 118 cm³/mol. The molecule has 0 aliphatic carbocycles. The van der Waals surface area contributed by atoms with E-state index >= 15 is 0 Å². The molecule has 1 aromatic rings. The molecule has 2 atom stereocenters. The molecule has 178 valence electrons. The van der Waals surface area contributed by atoms with E-state index in [1.54, 1.807) is 13.0 Å². The van der Waals surface area contributed by atoms with Crippen molar-refractivity contribution in [3.05, 3.63) is 54.3 Å². The number of allylic oxidation sites excluding steroid dienone is 3. The third kappa shape index (κ3) is 4.75. The molecule has 32 heavy (non-hydrogen) atoms. The van der Waals surface area contributed by atoms with Crippen LogP contribution in [0.2, 0.25) is 15.1 Å². The molecule has 0 N–H and O–H groups in total. The number of nitrogens with zero attached hydrogens (tertiary/aromatic N) is 1. The Bertz CT molecular complexity index is 933. The minimum Gasteiger partial charge on any atom is -0.365 e. The number of thioether (sulfide) groups is 1. The maximum absolute atomic E-state index is 14.4. The van der Waals surface area contributed by atoms with Crippen molar-refractivity contribution in [1.82, 2.24) is 4.90 Å². The number of hydrogen-bond acceptors (Lipinski definition) is 2. The number of alkyl halides is 6. The van der Waals surface area contributed by atoms with Crippen LogP contribution in [0.3, 0.4) is 0 Å². The lowest BCUT2D eigenvalue weighted by molar-refractivity contribution is -0.186. The van der Waals surface area contributed by atoms with Crippen LogP contribution in [0.4, 0.5) is 26.3 Å². The Hall–Kier alpha value is -0.700. The molecule has 0 spiro atoms. The lowest BCUT2D eigenvalue weighted by Crippen LogP contribution is -2.44. The Kier molecular flexibility index (Phi) is 7.42. The van der Waals surface area contributed by atoms with Crippen LogP contribution in [0.1, 0.15) is 38.7 Å². The molecule has 0 saturated carbocycles. The van der Waals surface area contributed by atoms with Crippen LogP contribution in [0.25, 0.3) is 0 Å². The topological polar surface area (TPSA) is 3.24 Å². The molecule has 0 bridgehead atoms. The van der Waals surface area contributed by atoms with Gasteiger partial charge in [-0.15, -0.1) is 0 Å². The Morgan fingerprint density at radius 2 is 1.69 bits per heavy atom. The van der Waals surface area contributed by atoms with E-state index < -0.39 is 35.8 Å². The molecule has 1 fully saturated rings. The summed E-state index contributed by atoms with van der Waals surface area (Å²) in [7, 11) is 0. The van der Waals surface area contributed by atoms with E-state index in [0.29, 0.717) is 5.03 Å². The van der Waals surface area contributed by atoms with Gasteiger partial charge in [-0.3, -0.25) is 0 Å². The van der Waals surface area contributed by atoms with Crippen molar-refractivity contribution in [2.24, 2.45) is 5.92 Å². The van der Waals surface area contributed by atoms with Crippen LogP contribution in [0.15, 0.2) is 33.7 Å². The molecule has 11 heteroatoms. The molecular formula is C21H20Cl3F6NS. The molecule has 0 radical (unpaired) electrons. The minimum absolute atomic E-state index is 0.0299. The third-order valence-electron chi connectivity index (χ3n) is 5.95. The number of likely N-dealkylation sites (tertiary alicyclic amines) is 1. The van der Waals surface area contributed by atoms with Gasteiger partial charge in [-0.1, -0.05) is 66.5 Å². The monoisotopic (exact) mass is 537 g/mol. The van der Waals surface area contributed by atoms with E-state index in [4.69, 9.17) is 34.8 Å². The zero-order chi connectivity index (χ0) is 24.1. The fourth-order valence-electron chi connectivity index (χ4n) is 4.25. The first-order chi connectivity index (χ1) is 14.7. The quantitative estimate of drug-likeness (QED) is 0.279. The second kappa shape index (κ2) is 9.16. The van der Waals surface area contributed by atoms with Crippen LogP contribution in [0.5, 0.6) is 0 Å². The van der Waals surface area contributed by atoms with Crippen LogP contribution in [0, 0.1) is 5.92 Å². The zero-order valence-corrected chi connectivity index (χ0v) is 20.2. The maximum atomic E-state index is 14.4. The van der Waals surface area contributed by atoms with Gasteiger partial charge in [-0.05, 0) is 47.8 Å². The average molecular weight is 539 g/mol. The summed E-state index contributed by atoms with van der Waals surface area (Å²) in [5.74, 6) is -0.779. The highest BCUT2D eigenvalue weighted by molar-refractivity contribution is 8.06. The number of hydrogen-bond donors (Lipinski definition) is 0. The number of halogens is 9. The van der Waals surface area contributed by atoms with E-state index in [9.17, 15) is 26.3 Å². The molecule has 1 saturated heterocycles. The molecule has 2 aliphatic rings. The SMILES string of the molecule is CCC1=C(C(F)(F)F)C(C)CC=C(N2CCC(c3cc(Cl)c(Cl)c(Cl)c3)(C(F)(F)F)C2)S1. The summed E-state index contributed by atoms with van der Waals surface area (Å²) in [5, 5.41) is 0.209. The van der Waals surface area contributed by atoms with Crippen LogP contribution in [-0.4, -0.2) is 30.3 Å². The van der Waals surface area contributed by atoms with Crippen molar-refractivity contribution in [3.63, 3.8) is 0 Å². The standard InChI is InChI=1S/C21H20Cl3F6NS/c1-3-15-17(20(25,26)27)11(2)4-5-16(32-15)31-7-6-19(10-31,21(28,29)30)12-8-13(22)18(24)14(23)9-12/h5,8-9,11H,3-4,6-7,10H2,1-2H3. The summed E-state index contributed by atoms with van der Waals surface area (Å²) in [5.41, 5.74) is -2.98. The number of benzene rings is 1. The smallest absolute Gasteiger partial charge is 0.365 e. The van der Waals surface area contributed by atoms with E-state index in [2.05, 4.69) is 0 Å². The molecule has 1 nitrogen and oxygen atoms in total. The van der Waals surface area contributed by atoms with Gasteiger partial charge in [0.1, 0.15) is 5.41 Å². The van der Waals surface area contributed by atoms with E-state index in [0.717, 1.165) is 11.8 Å². The second-order valence-corrected chi connectivity index (χ2v) is 10.3. The first-order valence-corrected chi connectivity index (χ1v) is 11.8. The normalized spacial score (nSPS) is 25.3. The van der Waals surface area contributed by atoms with E-state index in [1.807, 2.05) is 0 Å². The fourth-order valence-corrected chi connectivity index (χ4v) is 6.13. The summed E-state index contributed by atoms with van der Waals surface area (Å²) in [4.78, 5) is 1.65. The maximum Gasteiger partial charge on any atom is 0.413 e. The molecule has 0 aromatic heterocycles. The van der Waals surface area contributed by atoms with Crippen LogP contribution >= 0.6 is 46.6 Å². The average Bonchev–Trinajstić information content (AvgIpc) is 3.05. The first-order valence-electron chi connectivity index (χ1n) is 9.86. The minimum atomic E-state index is -4.63. The summed E-state index contributed by atoms with van der Waals surface area (Å²) >= 11 is 18.8. The van der Waals surface area contributed by atoms with Gasteiger partial charge in [0, 0.05) is 18.7 Å². The molecule has 2 aliphatic heterocycles. The van der Waals surface area contributed by atoms with E-state index in [-0.39, 0.29) is 51.3 Å². The van der Waals surface area contributed by atoms with Crippen LogP contribution < -0.4 is 0 Å². The molecule has 1 aromatic carbocycles. The molecule has 2 unspecified atom stereocenters. The highest BCUT2D eigenvalue weighted by Gasteiger charge is 2.59. The molecular weight excluding hydrogens is 519 g/mol. The Labute approximate surface area is 201 Å². The van der Waals surface area contributed by atoms with Crippen molar-refractivity contribution >= 4 is 46.6 Å². The summed E-state index contributed by atoms with van der Waals surface area (Å²) in [6.45, 7) is 2.69. The van der Waals surface area contributed by atoms with Crippen molar-refractivity contribution in [2.45, 2.75) is 50.9 Å². The molecule has 3 rings (SSSR count). The largest absolute Gasteiger partial charge is 0.413 e. The van der Waals surface area contributed by atoms with Gasteiger partial charge in [0.25, 0.3) is 0 Å². The highest BCUT2D eigenvalue weighted by atomic mass is 35.5. The summed E-state index contributed by atoms with van der Waals surface area (Å²) in [6, 6.07) is 2.34. The van der Waals surface area contributed by atoms with Crippen LogP contribution in [-0.2, 0) is 5.41 Å². The highest BCUT2D eigenvalue weighted by Crippen LogP contribution is 2.53. The Morgan fingerprint density at radius 3 is 2.19 bits per heavy atom. The molecule has 0 amide bonds. The first kappa shape index (κ1) is 25.9. The van der Waals surface area contributed by atoms with E-state index in [1.165, 1.54) is 24.0 Å². The van der Waals surface area contributed by atoms with Crippen molar-refractivity contribution in [3.8, 4) is 0 Å². The lowest BCUT2D eigenvalue weighted by Gasteiger charge is -2.33. The van der Waals surface area contributed by atoms with Gasteiger partial charge in [0.2, 0.25) is 0 Å². The van der Waals surface area contributed by atoms with Gasteiger partial charge in [-0.25, -0.2) is 0 Å². The summed E-state index contributed by atoms with van der Waals surface area (Å²) in [6.07, 6.45) is -7.56. The fraction of sp³-hybridized carbons (Fsp3) is 0.524. The zero-order valence-electron chi connectivity index (χ0n) is 17.1. The Balaban J connectivity index is 2.00. The summed E-state index contributed by atoms with van der Waals surface area (Å²) < 4.78 is 84.0. The van der Waals surface area contributed by atoms with Crippen molar-refractivity contribution < 1.29 is 26.3 Å². The lowest BCUT2D eigenvalue weighted by atomic mass is 9.79. The van der Waals surface area contributed by atoms with Gasteiger partial charge in [0.15, 0.2) is 0 Å². The van der Waals surface area contributed by atoms with Gasteiger partial charge in [-0.2, -0.15) is 26.3 Å². The van der Waals surface area contributed by atoms with Gasteiger partial charge >= 0.3 is 12.4 Å². The predicted octanol–water partition coefficient (Wildman–Crippen LogP) is 8.99. The van der Waals surface area contributed by atoms with Gasteiger partial charge < -0.3 is 4.90 Å². The number of rotatable bonds is 3. The van der Waals surface area contributed by atoms with Crippen molar-refractivity contribution in [2.75, 3.05) is 13.1 Å².